The third-order valence-electron chi connectivity index (χ3n) is 7.57. The number of hydrogen-bond acceptors (Lipinski definition) is 5. The smallest absolute Gasteiger partial charge is 0.326 e. The molecule has 1 amide bonds. The second-order valence-corrected chi connectivity index (χ2v) is 11.6. The lowest BCUT2D eigenvalue weighted by Crippen LogP contribution is -2.40. The Labute approximate surface area is 251 Å². The third kappa shape index (κ3) is 26.7. The van der Waals surface area contributed by atoms with Crippen LogP contribution >= 0.6 is 0 Å². The number of aliphatic carboxylic acids is 1. The van der Waals surface area contributed by atoms with E-state index in [-0.39, 0.29) is 18.0 Å². The van der Waals surface area contributed by atoms with Gasteiger partial charge < -0.3 is 20.9 Å². The maximum atomic E-state index is 12.5. The van der Waals surface area contributed by atoms with Gasteiger partial charge >= 0.3 is 11.9 Å². The van der Waals surface area contributed by atoms with E-state index in [1.807, 2.05) is 0 Å². The lowest BCUT2D eigenvalue weighted by molar-refractivity contribution is -0.147. The van der Waals surface area contributed by atoms with Gasteiger partial charge in [0, 0.05) is 12.8 Å². The lowest BCUT2D eigenvalue weighted by Gasteiger charge is -2.15. The summed E-state index contributed by atoms with van der Waals surface area (Å²) in [4.78, 5) is 35.9. The molecule has 0 aliphatic carbocycles. The van der Waals surface area contributed by atoms with Crippen molar-refractivity contribution in [2.45, 2.75) is 180 Å². The molecule has 0 heterocycles. The van der Waals surface area contributed by atoms with E-state index in [4.69, 9.17) is 10.5 Å². The Morgan fingerprint density at radius 2 is 1.24 bits per heavy atom. The Kier molecular flexibility index (Phi) is 28.2. The maximum Gasteiger partial charge on any atom is 0.326 e. The first-order chi connectivity index (χ1) is 19.9. The number of carboxylic acid groups (broad SMARTS) is 1. The minimum atomic E-state index is -1.02. The van der Waals surface area contributed by atoms with E-state index < -0.39 is 12.0 Å². The zero-order valence-corrected chi connectivity index (χ0v) is 26.6. The molecule has 2 unspecified atom stereocenters. The molecule has 0 fully saturated rings. The van der Waals surface area contributed by atoms with Gasteiger partial charge in [-0.25, -0.2) is 4.79 Å². The van der Waals surface area contributed by atoms with Crippen LogP contribution in [0.1, 0.15) is 168 Å². The minimum absolute atomic E-state index is 0.0958. The minimum Gasteiger partial charge on any atom is -0.480 e. The molecule has 0 saturated carbocycles. The summed E-state index contributed by atoms with van der Waals surface area (Å²) in [6, 6.07) is -0.865. The van der Waals surface area contributed by atoms with Gasteiger partial charge in [-0.15, -0.1) is 0 Å². The van der Waals surface area contributed by atoms with Crippen LogP contribution in [0.15, 0.2) is 12.2 Å². The van der Waals surface area contributed by atoms with Crippen LogP contribution in [0.5, 0.6) is 0 Å². The summed E-state index contributed by atoms with van der Waals surface area (Å²) in [6.45, 7) is 4.83. The van der Waals surface area contributed by atoms with E-state index >= 15 is 0 Å². The fourth-order valence-corrected chi connectivity index (χ4v) is 4.93. The molecule has 0 aliphatic rings. The summed E-state index contributed by atoms with van der Waals surface area (Å²) in [5.74, 6) is -1.34. The number of hydrogen-bond donors (Lipinski definition) is 3. The molecule has 0 aromatic rings. The van der Waals surface area contributed by atoms with Gasteiger partial charge in [0.05, 0.1) is 0 Å². The number of esters is 1. The van der Waals surface area contributed by atoms with Crippen molar-refractivity contribution in [1.29, 1.82) is 0 Å². The van der Waals surface area contributed by atoms with Crippen molar-refractivity contribution in [3.8, 4) is 0 Å². The first kappa shape index (κ1) is 39.1. The second kappa shape index (κ2) is 29.6. The van der Waals surface area contributed by atoms with Crippen LogP contribution in [0.25, 0.3) is 0 Å². The molecule has 240 valence electrons. The molecule has 7 nitrogen and oxygen atoms in total. The molecule has 0 spiro atoms. The van der Waals surface area contributed by atoms with E-state index in [0.29, 0.717) is 38.6 Å². The normalized spacial score (nSPS) is 12.9. The highest BCUT2D eigenvalue weighted by atomic mass is 16.5. The van der Waals surface area contributed by atoms with Gasteiger partial charge in [0.1, 0.15) is 12.1 Å². The number of allylic oxidation sites excluding steroid dienone is 1. The fraction of sp³-hybridized carbons (Fsp3) is 0.853. The molecular formula is C34H64N2O5. The molecule has 0 radical (unpaired) electrons. The zero-order chi connectivity index (χ0) is 30.4. The predicted molar refractivity (Wildman–Crippen MR) is 170 cm³/mol. The number of nitrogens with one attached hydrogen (secondary N) is 1. The summed E-state index contributed by atoms with van der Waals surface area (Å²) < 4.78 is 5.82. The molecule has 0 aromatic heterocycles. The molecule has 0 aliphatic heterocycles. The van der Waals surface area contributed by atoms with Gasteiger partial charge in [0.15, 0.2) is 0 Å². The summed E-state index contributed by atoms with van der Waals surface area (Å²) >= 11 is 0. The zero-order valence-electron chi connectivity index (χ0n) is 26.6. The van der Waals surface area contributed by atoms with Gasteiger partial charge in [0.25, 0.3) is 0 Å². The Balaban J connectivity index is 4.12. The Bertz CT molecular complexity index is 668. The van der Waals surface area contributed by atoms with Gasteiger partial charge in [-0.1, -0.05) is 116 Å². The average Bonchev–Trinajstić information content (AvgIpc) is 2.95. The summed E-state index contributed by atoms with van der Waals surface area (Å²) in [5, 5.41) is 11.8. The number of carbonyl (C=O) groups is 3. The van der Waals surface area contributed by atoms with E-state index in [2.05, 4.69) is 31.3 Å². The van der Waals surface area contributed by atoms with E-state index in [1.165, 1.54) is 64.2 Å². The fourth-order valence-electron chi connectivity index (χ4n) is 4.93. The van der Waals surface area contributed by atoms with Gasteiger partial charge in [-0.05, 0) is 57.6 Å². The van der Waals surface area contributed by atoms with E-state index in [9.17, 15) is 19.5 Å². The quantitative estimate of drug-likeness (QED) is 0.0446. The molecule has 0 bridgehead atoms. The second-order valence-electron chi connectivity index (χ2n) is 11.6. The standard InChI is InChI=1S/C34H64N2O5/c1-3-5-7-9-10-11-12-13-14-15-16-22-28-33(38)41-30(24-19-8-6-4-2)25-20-17-18-21-27-32(37)36-31(34(39)40)26-23-29-35/h19,24,30-31H,3-18,20-23,25-29,35H2,1-2H3,(H,36,37)(H,39,40)/b24-19-. The molecule has 0 aromatic carbocycles. The summed E-state index contributed by atoms with van der Waals surface area (Å²) in [6.07, 6.45) is 28.6. The summed E-state index contributed by atoms with van der Waals surface area (Å²) in [7, 11) is 0. The van der Waals surface area contributed by atoms with Crippen LogP contribution in [0.3, 0.4) is 0 Å². The number of carboxylic acids is 1. The average molecular weight is 581 g/mol. The number of rotatable bonds is 30. The number of carbonyl (C=O) groups excluding carboxylic acids is 2. The van der Waals surface area contributed by atoms with Gasteiger partial charge in [0.2, 0.25) is 5.91 Å². The largest absolute Gasteiger partial charge is 0.480 e. The first-order valence-electron chi connectivity index (χ1n) is 17.0. The molecule has 0 rings (SSSR count). The van der Waals surface area contributed by atoms with Gasteiger partial charge in [-0.2, -0.15) is 0 Å². The topological polar surface area (TPSA) is 119 Å². The number of ether oxygens (including phenoxy) is 1. The number of amides is 1. The van der Waals surface area contributed by atoms with E-state index in [0.717, 1.165) is 57.8 Å². The molecule has 2 atom stereocenters. The highest BCUT2D eigenvalue weighted by Crippen LogP contribution is 2.15. The molecule has 7 heteroatoms. The molecule has 41 heavy (non-hydrogen) atoms. The monoisotopic (exact) mass is 580 g/mol. The summed E-state index contributed by atoms with van der Waals surface area (Å²) in [5.41, 5.74) is 5.45. The Morgan fingerprint density at radius 1 is 0.707 bits per heavy atom. The maximum absolute atomic E-state index is 12.5. The third-order valence-corrected chi connectivity index (χ3v) is 7.57. The van der Waals surface area contributed by atoms with Crippen molar-refractivity contribution >= 4 is 17.8 Å². The van der Waals surface area contributed by atoms with Crippen LogP contribution in [0, 0.1) is 0 Å². The molecule has 4 N–H and O–H groups in total. The van der Waals surface area contributed by atoms with Gasteiger partial charge in [-0.3, -0.25) is 9.59 Å². The van der Waals surface area contributed by atoms with E-state index in [1.54, 1.807) is 0 Å². The first-order valence-corrected chi connectivity index (χ1v) is 17.0. The van der Waals surface area contributed by atoms with Crippen molar-refractivity contribution in [1.82, 2.24) is 5.32 Å². The predicted octanol–water partition coefficient (Wildman–Crippen LogP) is 8.38. The van der Waals surface area contributed by atoms with Crippen LogP contribution < -0.4 is 11.1 Å². The van der Waals surface area contributed by atoms with Crippen molar-refractivity contribution in [2.75, 3.05) is 6.54 Å². The molecular weight excluding hydrogens is 516 g/mol. The van der Waals surface area contributed by atoms with Crippen molar-refractivity contribution in [3.05, 3.63) is 12.2 Å². The Hall–Kier alpha value is -1.89. The van der Waals surface area contributed by atoms with Crippen molar-refractivity contribution < 1.29 is 24.2 Å². The van der Waals surface area contributed by atoms with Crippen LogP contribution in [-0.2, 0) is 19.1 Å². The van der Waals surface area contributed by atoms with Crippen molar-refractivity contribution in [2.24, 2.45) is 5.73 Å². The van der Waals surface area contributed by atoms with Crippen LogP contribution in [0.2, 0.25) is 0 Å². The highest BCUT2D eigenvalue weighted by molar-refractivity contribution is 5.83. The molecule has 0 saturated heterocycles. The van der Waals surface area contributed by atoms with Crippen molar-refractivity contribution in [3.63, 3.8) is 0 Å². The number of nitrogens with two attached hydrogens (primary N) is 1. The van der Waals surface area contributed by atoms with Crippen LogP contribution in [-0.4, -0.2) is 41.6 Å². The van der Waals surface area contributed by atoms with Crippen LogP contribution in [0.4, 0.5) is 0 Å². The SMILES string of the molecule is CCCC/C=C\C(CCCCCCC(=O)NC(CCCN)C(=O)O)OC(=O)CCCCCCCCCCCCCC. The number of unbranched alkanes of at least 4 members (excludes halogenated alkanes) is 16. The highest BCUT2D eigenvalue weighted by Gasteiger charge is 2.18. The Morgan fingerprint density at radius 3 is 1.80 bits per heavy atom. The lowest BCUT2D eigenvalue weighted by atomic mass is 10.0.